The van der Waals surface area contributed by atoms with Crippen molar-refractivity contribution < 1.29 is 30.4 Å². The average molecular weight is 538 g/mol. The van der Waals surface area contributed by atoms with Gasteiger partial charge in [0.1, 0.15) is 17.1 Å². The van der Waals surface area contributed by atoms with Gasteiger partial charge in [-0.25, -0.2) is 0 Å². The van der Waals surface area contributed by atoms with Crippen molar-refractivity contribution in [2.24, 2.45) is 0 Å². The first-order chi connectivity index (χ1) is 16.0. The molecule has 0 amide bonds. The number of furan rings is 1. The number of fused-ring (bicyclic) bond motifs is 4. The molecule has 3 aromatic carbocycles. The molecule has 34 heavy (non-hydrogen) atoms. The zero-order chi connectivity index (χ0) is 24.3. The summed E-state index contributed by atoms with van der Waals surface area (Å²) in [4.78, 5) is 2.04. The maximum atomic E-state index is 11.9. The molecule has 0 atom stereocenters. The van der Waals surface area contributed by atoms with Crippen molar-refractivity contribution in [3.63, 3.8) is 0 Å². The van der Waals surface area contributed by atoms with Gasteiger partial charge in [-0.1, -0.05) is 53.7 Å². The highest BCUT2D eigenvalue weighted by Gasteiger charge is 2.30. The van der Waals surface area contributed by atoms with Gasteiger partial charge in [0.2, 0.25) is 0 Å². The number of thioether (sulfide) groups is 1. The molecule has 0 fully saturated rings. The molecule has 2 heterocycles. The Balaban J connectivity index is 1.74. The summed E-state index contributed by atoms with van der Waals surface area (Å²) in [6.07, 6.45) is 1.50. The van der Waals surface area contributed by atoms with Gasteiger partial charge in [-0.3, -0.25) is 9.11 Å². The number of nitrogens with zero attached hydrogens (tertiary/aromatic N) is 1. The Morgan fingerprint density at radius 3 is 2.50 bits per heavy atom. The molecule has 0 unspecified atom stereocenters. The molecule has 1 aliphatic rings. The SMILES string of the molecule is O=S(=O)(O)Cc1c(/C=C2\Sc3ccc(Cl)cc3N2CS(=O)(=O)O)oc2ccc3ccccc3c12. The maximum absolute atomic E-state index is 11.9. The topological polar surface area (TPSA) is 125 Å². The summed E-state index contributed by atoms with van der Waals surface area (Å²) in [5.41, 5.74) is 1.12. The van der Waals surface area contributed by atoms with E-state index in [-0.39, 0.29) is 11.3 Å². The van der Waals surface area contributed by atoms with Gasteiger partial charge in [0.05, 0.1) is 10.7 Å². The Bertz CT molecular complexity index is 1710. The van der Waals surface area contributed by atoms with Crippen LogP contribution in [0.2, 0.25) is 5.02 Å². The summed E-state index contributed by atoms with van der Waals surface area (Å²) in [5, 5.41) is 2.89. The molecule has 12 heteroatoms. The van der Waals surface area contributed by atoms with E-state index in [9.17, 15) is 25.9 Å². The molecule has 0 saturated heterocycles. The third kappa shape index (κ3) is 4.54. The largest absolute Gasteiger partial charge is 0.456 e. The van der Waals surface area contributed by atoms with Crippen LogP contribution in [-0.2, 0) is 26.0 Å². The summed E-state index contributed by atoms with van der Waals surface area (Å²) < 4.78 is 72.4. The lowest BCUT2D eigenvalue weighted by Crippen LogP contribution is -2.25. The summed E-state index contributed by atoms with van der Waals surface area (Å²) in [6, 6.07) is 15.8. The molecule has 0 saturated carbocycles. The number of halogens is 1. The lowest BCUT2D eigenvalue weighted by molar-refractivity contribution is 0.480. The van der Waals surface area contributed by atoms with Crippen LogP contribution in [0, 0.1) is 0 Å². The minimum atomic E-state index is -4.43. The van der Waals surface area contributed by atoms with Crippen LogP contribution in [0.5, 0.6) is 0 Å². The van der Waals surface area contributed by atoms with Crippen LogP contribution in [0.1, 0.15) is 11.3 Å². The Morgan fingerprint density at radius 2 is 1.76 bits per heavy atom. The van der Waals surface area contributed by atoms with Crippen molar-refractivity contribution in [1.82, 2.24) is 0 Å². The van der Waals surface area contributed by atoms with Gasteiger partial charge in [0, 0.05) is 26.9 Å². The second kappa shape index (κ2) is 8.29. The van der Waals surface area contributed by atoms with E-state index < -0.39 is 31.9 Å². The van der Waals surface area contributed by atoms with Crippen LogP contribution < -0.4 is 4.90 Å². The highest BCUT2D eigenvalue weighted by molar-refractivity contribution is 8.04. The Morgan fingerprint density at radius 1 is 1.00 bits per heavy atom. The highest BCUT2D eigenvalue weighted by Crippen LogP contribution is 2.48. The number of hydrogen-bond donors (Lipinski definition) is 2. The van der Waals surface area contributed by atoms with Crippen LogP contribution in [-0.4, -0.2) is 31.8 Å². The normalized spacial score (nSPS) is 15.5. The van der Waals surface area contributed by atoms with Crippen molar-refractivity contribution in [2.45, 2.75) is 10.6 Å². The average Bonchev–Trinajstić information content (AvgIpc) is 3.24. The number of rotatable bonds is 5. The zero-order valence-electron chi connectivity index (χ0n) is 17.2. The van der Waals surface area contributed by atoms with Gasteiger partial charge >= 0.3 is 0 Å². The van der Waals surface area contributed by atoms with E-state index in [4.69, 9.17) is 16.0 Å². The van der Waals surface area contributed by atoms with Crippen molar-refractivity contribution in [3.8, 4) is 0 Å². The number of anilines is 1. The predicted octanol–water partition coefficient (Wildman–Crippen LogP) is 5.38. The van der Waals surface area contributed by atoms with Crippen LogP contribution in [0.3, 0.4) is 0 Å². The first kappa shape index (κ1) is 23.2. The fourth-order valence-electron chi connectivity index (χ4n) is 3.98. The monoisotopic (exact) mass is 537 g/mol. The first-order valence-electron chi connectivity index (χ1n) is 9.79. The molecular weight excluding hydrogens is 522 g/mol. The van der Waals surface area contributed by atoms with Crippen molar-refractivity contribution in [2.75, 3.05) is 10.8 Å². The maximum Gasteiger partial charge on any atom is 0.283 e. The molecule has 5 rings (SSSR count). The second-order valence-corrected chi connectivity index (χ2v) is 12.0. The van der Waals surface area contributed by atoms with Gasteiger partial charge in [0.25, 0.3) is 20.2 Å². The van der Waals surface area contributed by atoms with Crippen LogP contribution in [0.4, 0.5) is 5.69 Å². The molecule has 0 bridgehead atoms. The fraction of sp³-hybridized carbons (Fsp3) is 0.0909. The van der Waals surface area contributed by atoms with E-state index in [1.54, 1.807) is 24.3 Å². The second-order valence-electron chi connectivity index (χ2n) is 7.67. The molecular formula is C22H16ClNO7S3. The van der Waals surface area contributed by atoms with Gasteiger partial charge in [0.15, 0.2) is 5.88 Å². The standard InChI is InChI=1S/C22H16ClNO7S3/c23-14-6-8-20-17(9-14)24(12-34(28,29)30)21(32-20)10-19-16(11-33(25,26)27)22-15-4-2-1-3-13(15)5-7-18(22)31-19/h1-10H,11-12H2,(H,25,26,27)(H,28,29,30)/b21-10-. The molecule has 8 nitrogen and oxygen atoms in total. The molecule has 0 aliphatic carbocycles. The quantitative estimate of drug-likeness (QED) is 0.322. The van der Waals surface area contributed by atoms with E-state index in [2.05, 4.69) is 0 Å². The molecule has 0 radical (unpaired) electrons. The molecule has 1 aliphatic heterocycles. The first-order valence-corrected chi connectivity index (χ1v) is 14.2. The van der Waals surface area contributed by atoms with Gasteiger partial charge in [-0.2, -0.15) is 16.8 Å². The van der Waals surface area contributed by atoms with E-state index in [1.807, 2.05) is 30.3 Å². The third-order valence-electron chi connectivity index (χ3n) is 5.28. The third-order valence-corrected chi connectivity index (χ3v) is 7.86. The van der Waals surface area contributed by atoms with Gasteiger partial charge in [-0.15, -0.1) is 0 Å². The number of hydrogen-bond acceptors (Lipinski definition) is 7. The van der Waals surface area contributed by atoms with Crippen LogP contribution >= 0.6 is 23.4 Å². The Labute approximate surface area is 204 Å². The molecule has 176 valence electrons. The molecule has 1 aromatic heterocycles. The lowest BCUT2D eigenvalue weighted by atomic mass is 10.0. The Kier molecular flexibility index (Phi) is 5.66. The Hall–Kier alpha value is -2.54. The van der Waals surface area contributed by atoms with Crippen molar-refractivity contribution in [3.05, 3.63) is 76.0 Å². The van der Waals surface area contributed by atoms with E-state index in [1.165, 1.54) is 22.7 Å². The van der Waals surface area contributed by atoms with E-state index in [0.717, 1.165) is 10.8 Å². The van der Waals surface area contributed by atoms with Crippen LogP contribution in [0.15, 0.2) is 68.9 Å². The summed E-state index contributed by atoms with van der Waals surface area (Å²) in [7, 11) is -8.85. The van der Waals surface area contributed by atoms with Gasteiger partial charge in [-0.05, 0) is 35.0 Å². The summed E-state index contributed by atoms with van der Waals surface area (Å²) in [5.74, 6) is -1.30. The van der Waals surface area contributed by atoms with Crippen molar-refractivity contribution >= 4 is 77.1 Å². The lowest BCUT2D eigenvalue weighted by Gasteiger charge is -2.18. The molecule has 4 aromatic rings. The van der Waals surface area contributed by atoms with E-state index >= 15 is 0 Å². The van der Waals surface area contributed by atoms with Gasteiger partial charge < -0.3 is 9.32 Å². The minimum Gasteiger partial charge on any atom is -0.456 e. The van der Waals surface area contributed by atoms with E-state index in [0.29, 0.717) is 31.6 Å². The summed E-state index contributed by atoms with van der Waals surface area (Å²) in [6.45, 7) is 0. The molecule has 2 N–H and O–H groups in total. The summed E-state index contributed by atoms with van der Waals surface area (Å²) >= 11 is 7.30. The highest BCUT2D eigenvalue weighted by atomic mass is 35.5. The predicted molar refractivity (Wildman–Crippen MR) is 133 cm³/mol. The zero-order valence-corrected chi connectivity index (χ0v) is 20.4. The van der Waals surface area contributed by atoms with Crippen molar-refractivity contribution in [1.29, 1.82) is 0 Å². The molecule has 0 spiro atoms. The van der Waals surface area contributed by atoms with Crippen LogP contribution in [0.25, 0.3) is 27.8 Å². The number of benzene rings is 3. The smallest absolute Gasteiger partial charge is 0.283 e. The fourth-order valence-corrected chi connectivity index (χ4v) is 6.56. The minimum absolute atomic E-state index is 0.144.